The summed E-state index contributed by atoms with van der Waals surface area (Å²) < 4.78 is 8.05. The molecule has 29 heavy (non-hydrogen) atoms. The molecular weight excluding hydrogens is 380 g/mol. The van der Waals surface area contributed by atoms with Crippen molar-refractivity contribution >= 4 is 23.5 Å². The van der Waals surface area contributed by atoms with Crippen LogP contribution in [0.2, 0.25) is 0 Å². The Morgan fingerprint density at radius 1 is 1.28 bits per heavy atom. The zero-order valence-corrected chi connectivity index (χ0v) is 15.7. The van der Waals surface area contributed by atoms with Crippen molar-refractivity contribution in [2.45, 2.75) is 33.0 Å². The summed E-state index contributed by atoms with van der Waals surface area (Å²) in [6.07, 6.45) is 4.47. The molecule has 0 aliphatic heterocycles. The fraction of sp³-hybridized carbons (Fsp3) is 0.278. The number of amides is 2. The summed E-state index contributed by atoms with van der Waals surface area (Å²) in [5, 5.41) is 22.3. The standard InChI is InChI=1S/C18H20N6O5/c1-2-24-16(17(26)19-10-12-4-3-9-29-12)14(11-20-24)21-15(25)6-8-23-7-5-13(22-23)18(27)28/h3-5,7,9,11H,2,6,8,10H2,1H3,(H,19,26)(H,21,25)(H,27,28). The van der Waals surface area contributed by atoms with Gasteiger partial charge >= 0.3 is 5.97 Å². The number of aromatic carboxylic acids is 1. The molecule has 0 aliphatic carbocycles. The van der Waals surface area contributed by atoms with Gasteiger partial charge in [0.25, 0.3) is 5.91 Å². The van der Waals surface area contributed by atoms with E-state index in [4.69, 9.17) is 9.52 Å². The van der Waals surface area contributed by atoms with Gasteiger partial charge in [0.2, 0.25) is 5.91 Å². The van der Waals surface area contributed by atoms with Crippen LogP contribution in [0, 0.1) is 0 Å². The van der Waals surface area contributed by atoms with Gasteiger partial charge in [0.05, 0.1) is 24.7 Å². The van der Waals surface area contributed by atoms with Crippen molar-refractivity contribution in [3.8, 4) is 0 Å². The molecule has 0 fully saturated rings. The predicted molar refractivity (Wildman–Crippen MR) is 100 cm³/mol. The molecular formula is C18H20N6O5. The minimum atomic E-state index is -1.13. The number of anilines is 1. The van der Waals surface area contributed by atoms with E-state index in [0.717, 1.165) is 0 Å². The summed E-state index contributed by atoms with van der Waals surface area (Å²) in [5.74, 6) is -1.28. The molecule has 3 heterocycles. The van der Waals surface area contributed by atoms with Crippen molar-refractivity contribution in [2.75, 3.05) is 5.32 Å². The number of carboxylic acids is 1. The Morgan fingerprint density at radius 3 is 2.76 bits per heavy atom. The summed E-state index contributed by atoms with van der Waals surface area (Å²) in [5.41, 5.74) is 0.435. The van der Waals surface area contributed by atoms with E-state index in [2.05, 4.69) is 20.8 Å². The number of carbonyl (C=O) groups excluding carboxylic acids is 2. The third-order valence-electron chi connectivity index (χ3n) is 4.06. The molecule has 0 aromatic carbocycles. The van der Waals surface area contributed by atoms with Crippen LogP contribution in [-0.2, 0) is 24.4 Å². The summed E-state index contributed by atoms with van der Waals surface area (Å²) >= 11 is 0. The quantitative estimate of drug-likeness (QED) is 0.492. The topological polar surface area (TPSA) is 144 Å². The largest absolute Gasteiger partial charge is 0.476 e. The van der Waals surface area contributed by atoms with Crippen LogP contribution < -0.4 is 10.6 Å². The highest BCUT2D eigenvalue weighted by atomic mass is 16.4. The van der Waals surface area contributed by atoms with E-state index in [0.29, 0.717) is 18.0 Å². The van der Waals surface area contributed by atoms with E-state index < -0.39 is 11.9 Å². The van der Waals surface area contributed by atoms with Crippen molar-refractivity contribution in [1.82, 2.24) is 24.9 Å². The van der Waals surface area contributed by atoms with Gasteiger partial charge < -0.3 is 20.2 Å². The Labute approximate surface area is 165 Å². The summed E-state index contributed by atoms with van der Waals surface area (Å²) in [6.45, 7) is 2.69. The van der Waals surface area contributed by atoms with Crippen molar-refractivity contribution in [3.63, 3.8) is 0 Å². The van der Waals surface area contributed by atoms with E-state index in [1.165, 1.54) is 34.1 Å². The smallest absolute Gasteiger partial charge is 0.356 e. The van der Waals surface area contributed by atoms with Crippen LogP contribution in [0.5, 0.6) is 0 Å². The van der Waals surface area contributed by atoms with Crippen molar-refractivity contribution in [3.05, 3.63) is 54.0 Å². The van der Waals surface area contributed by atoms with Crippen LogP contribution in [0.3, 0.4) is 0 Å². The molecule has 0 saturated carbocycles. The lowest BCUT2D eigenvalue weighted by atomic mass is 10.3. The average Bonchev–Trinajstić information content (AvgIpc) is 3.44. The lowest BCUT2D eigenvalue weighted by Gasteiger charge is -2.09. The number of carboxylic acid groups (broad SMARTS) is 1. The third kappa shape index (κ3) is 4.89. The second-order valence-corrected chi connectivity index (χ2v) is 6.05. The Balaban J connectivity index is 1.62. The van der Waals surface area contributed by atoms with Crippen LogP contribution in [0.25, 0.3) is 0 Å². The maximum Gasteiger partial charge on any atom is 0.356 e. The summed E-state index contributed by atoms with van der Waals surface area (Å²) in [6, 6.07) is 4.82. The second kappa shape index (κ2) is 8.87. The van der Waals surface area contributed by atoms with Gasteiger partial charge in [0.15, 0.2) is 5.69 Å². The van der Waals surface area contributed by atoms with Gasteiger partial charge in [-0.05, 0) is 25.1 Å². The van der Waals surface area contributed by atoms with E-state index in [1.54, 1.807) is 12.1 Å². The second-order valence-electron chi connectivity index (χ2n) is 6.05. The van der Waals surface area contributed by atoms with Gasteiger partial charge in [-0.2, -0.15) is 10.2 Å². The van der Waals surface area contributed by atoms with Crippen molar-refractivity contribution in [1.29, 1.82) is 0 Å². The number of rotatable bonds is 9. The minimum absolute atomic E-state index is 0.0471. The molecule has 3 aromatic rings. The predicted octanol–water partition coefficient (Wildman–Crippen LogP) is 1.35. The fourth-order valence-electron chi connectivity index (χ4n) is 2.65. The number of hydrogen-bond donors (Lipinski definition) is 3. The van der Waals surface area contributed by atoms with E-state index in [9.17, 15) is 14.4 Å². The van der Waals surface area contributed by atoms with Gasteiger partial charge in [0, 0.05) is 25.7 Å². The van der Waals surface area contributed by atoms with Crippen molar-refractivity contribution < 1.29 is 23.9 Å². The van der Waals surface area contributed by atoms with Crippen LogP contribution in [-0.4, -0.2) is 42.5 Å². The number of hydrogen-bond acceptors (Lipinski definition) is 6. The molecule has 152 valence electrons. The number of carbonyl (C=O) groups is 3. The minimum Gasteiger partial charge on any atom is -0.476 e. The molecule has 11 heteroatoms. The molecule has 0 radical (unpaired) electrons. The molecule has 3 N–H and O–H groups in total. The van der Waals surface area contributed by atoms with Gasteiger partial charge in [-0.1, -0.05) is 0 Å². The van der Waals surface area contributed by atoms with E-state index >= 15 is 0 Å². The maximum absolute atomic E-state index is 12.6. The zero-order valence-electron chi connectivity index (χ0n) is 15.7. The Morgan fingerprint density at radius 2 is 2.10 bits per heavy atom. The summed E-state index contributed by atoms with van der Waals surface area (Å²) in [4.78, 5) is 35.7. The lowest BCUT2D eigenvalue weighted by molar-refractivity contribution is -0.116. The van der Waals surface area contributed by atoms with Gasteiger partial charge in [-0.3, -0.25) is 19.0 Å². The number of nitrogens with zero attached hydrogens (tertiary/aromatic N) is 4. The van der Waals surface area contributed by atoms with Gasteiger partial charge in [0.1, 0.15) is 11.5 Å². The molecule has 3 aromatic heterocycles. The Hall–Kier alpha value is -3.89. The molecule has 0 unspecified atom stereocenters. The molecule has 0 aliphatic rings. The number of aromatic nitrogens is 4. The van der Waals surface area contributed by atoms with Crippen LogP contribution in [0.4, 0.5) is 5.69 Å². The molecule has 0 spiro atoms. The lowest BCUT2D eigenvalue weighted by Crippen LogP contribution is -2.27. The molecule has 0 atom stereocenters. The fourth-order valence-corrected chi connectivity index (χ4v) is 2.65. The molecule has 3 rings (SSSR count). The first-order chi connectivity index (χ1) is 14.0. The molecule has 2 amide bonds. The first kappa shape index (κ1) is 19.9. The third-order valence-corrected chi connectivity index (χ3v) is 4.06. The Kier molecular flexibility index (Phi) is 6.07. The zero-order chi connectivity index (χ0) is 20.8. The Bertz CT molecular complexity index is 1000. The van der Waals surface area contributed by atoms with E-state index in [1.807, 2.05) is 6.92 Å². The number of furan rings is 1. The van der Waals surface area contributed by atoms with Crippen molar-refractivity contribution in [2.24, 2.45) is 0 Å². The van der Waals surface area contributed by atoms with Gasteiger partial charge in [-0.25, -0.2) is 4.79 Å². The monoisotopic (exact) mass is 400 g/mol. The van der Waals surface area contributed by atoms with E-state index in [-0.39, 0.29) is 36.8 Å². The highest BCUT2D eigenvalue weighted by Crippen LogP contribution is 2.16. The highest BCUT2D eigenvalue weighted by Gasteiger charge is 2.20. The first-order valence-electron chi connectivity index (χ1n) is 8.91. The van der Waals surface area contributed by atoms with Crippen LogP contribution >= 0.6 is 0 Å². The normalized spacial score (nSPS) is 10.7. The SMILES string of the molecule is CCn1ncc(NC(=O)CCn2ccc(C(=O)O)n2)c1C(=O)NCc1ccco1. The number of aryl methyl sites for hydroxylation is 2. The first-order valence-corrected chi connectivity index (χ1v) is 8.91. The van der Waals surface area contributed by atoms with Gasteiger partial charge in [-0.15, -0.1) is 0 Å². The summed E-state index contributed by atoms with van der Waals surface area (Å²) in [7, 11) is 0. The van der Waals surface area contributed by atoms with Crippen LogP contribution in [0.1, 0.15) is 40.1 Å². The average molecular weight is 400 g/mol. The maximum atomic E-state index is 12.6. The molecule has 0 saturated heterocycles. The number of nitrogens with one attached hydrogen (secondary N) is 2. The molecule has 11 nitrogen and oxygen atoms in total. The van der Waals surface area contributed by atoms with Crippen LogP contribution in [0.15, 0.2) is 41.3 Å². The molecule has 0 bridgehead atoms. The highest BCUT2D eigenvalue weighted by molar-refractivity contribution is 6.02.